The molecule has 0 atom stereocenters. The first kappa shape index (κ1) is 22.2. The summed E-state index contributed by atoms with van der Waals surface area (Å²) in [6, 6.07) is 4.68. The summed E-state index contributed by atoms with van der Waals surface area (Å²) in [6.45, 7) is 4.11. The first-order chi connectivity index (χ1) is 14.5. The van der Waals surface area contributed by atoms with Crippen LogP contribution in [0.5, 0.6) is 0 Å². The maximum atomic E-state index is 12.8. The van der Waals surface area contributed by atoms with Gasteiger partial charge in [-0.05, 0) is 62.8 Å². The van der Waals surface area contributed by atoms with Crippen LogP contribution in [0.3, 0.4) is 0 Å². The lowest BCUT2D eigenvalue weighted by atomic mass is 10.1. The van der Waals surface area contributed by atoms with Gasteiger partial charge in [-0.15, -0.1) is 0 Å². The van der Waals surface area contributed by atoms with Gasteiger partial charge in [-0.25, -0.2) is 4.79 Å². The second-order valence-electron chi connectivity index (χ2n) is 7.49. The molecule has 3 rings (SSSR count). The van der Waals surface area contributed by atoms with Crippen molar-refractivity contribution in [1.29, 1.82) is 0 Å². The molecule has 2 N–H and O–H groups in total. The minimum atomic E-state index is -0.480. The van der Waals surface area contributed by atoms with Gasteiger partial charge < -0.3 is 19.9 Å². The van der Waals surface area contributed by atoms with E-state index in [1.807, 2.05) is 0 Å². The second kappa shape index (κ2) is 10.5. The number of likely N-dealkylation sites (tertiary alicyclic amines) is 1. The summed E-state index contributed by atoms with van der Waals surface area (Å²) in [7, 11) is 1.30. The lowest BCUT2D eigenvalue weighted by molar-refractivity contribution is -0.121. The third-order valence-electron chi connectivity index (χ3n) is 5.39. The number of aromatic nitrogens is 2. The molecule has 1 aromatic carbocycles. The monoisotopic (exact) mass is 432 g/mol. The second-order valence-corrected chi connectivity index (χ2v) is 7.88. The van der Waals surface area contributed by atoms with E-state index in [0.717, 1.165) is 19.6 Å². The number of carbonyl (C=O) groups is 2. The van der Waals surface area contributed by atoms with Crippen LogP contribution in [0.15, 0.2) is 23.0 Å². The molecular weight excluding hydrogens is 404 g/mol. The Hall–Kier alpha value is -2.52. The number of rotatable bonds is 8. The summed E-state index contributed by atoms with van der Waals surface area (Å²) in [4.78, 5) is 41.9. The number of hydrogen-bond donors (Lipinski definition) is 2. The fourth-order valence-corrected chi connectivity index (χ4v) is 4.01. The smallest absolute Gasteiger partial charge is 0.337 e. The number of aromatic amines is 1. The average Bonchev–Trinajstić information content (AvgIpc) is 2.75. The molecule has 1 amide bonds. The van der Waals surface area contributed by atoms with Crippen molar-refractivity contribution in [1.82, 2.24) is 19.8 Å². The molecule has 30 heavy (non-hydrogen) atoms. The van der Waals surface area contributed by atoms with Crippen LogP contribution in [0.4, 0.5) is 0 Å². The molecule has 1 saturated heterocycles. The summed E-state index contributed by atoms with van der Waals surface area (Å²) in [6.07, 6.45) is 4.61. The predicted molar refractivity (Wildman–Crippen MR) is 117 cm³/mol. The summed E-state index contributed by atoms with van der Waals surface area (Å²) in [5, 5.41) is 3.38. The van der Waals surface area contributed by atoms with Crippen molar-refractivity contribution in [2.45, 2.75) is 38.6 Å². The van der Waals surface area contributed by atoms with E-state index in [1.165, 1.54) is 30.9 Å². The van der Waals surface area contributed by atoms with Gasteiger partial charge in [-0.2, -0.15) is 0 Å². The van der Waals surface area contributed by atoms with Crippen molar-refractivity contribution in [3.8, 4) is 0 Å². The SMILES string of the molecule is COC(=O)c1ccc2c(=O)n(CCCC(=O)NCCN3CCCCC3)c(=S)[nH]c2c1. The average molecular weight is 433 g/mol. The lowest BCUT2D eigenvalue weighted by Gasteiger charge is -2.26. The Kier molecular flexibility index (Phi) is 7.75. The van der Waals surface area contributed by atoms with E-state index in [-0.39, 0.29) is 16.2 Å². The lowest BCUT2D eigenvalue weighted by Crippen LogP contribution is -2.37. The number of benzene rings is 1. The number of nitrogens with zero attached hydrogens (tertiary/aromatic N) is 2. The van der Waals surface area contributed by atoms with Crippen LogP contribution < -0.4 is 10.9 Å². The molecular formula is C21H28N4O4S. The maximum Gasteiger partial charge on any atom is 0.337 e. The van der Waals surface area contributed by atoms with Crippen LogP contribution in [0.25, 0.3) is 10.9 Å². The van der Waals surface area contributed by atoms with E-state index < -0.39 is 5.97 Å². The number of H-pyrrole nitrogens is 1. The van der Waals surface area contributed by atoms with Crippen molar-refractivity contribution in [2.24, 2.45) is 0 Å². The zero-order valence-corrected chi connectivity index (χ0v) is 18.1. The third-order valence-corrected chi connectivity index (χ3v) is 5.71. The van der Waals surface area contributed by atoms with Crippen LogP contribution >= 0.6 is 12.2 Å². The molecule has 162 valence electrons. The molecule has 0 unspecified atom stereocenters. The fraction of sp³-hybridized carbons (Fsp3) is 0.524. The highest BCUT2D eigenvalue weighted by Gasteiger charge is 2.12. The molecule has 9 heteroatoms. The summed E-state index contributed by atoms with van der Waals surface area (Å²) in [5.41, 5.74) is 0.587. The minimum Gasteiger partial charge on any atom is -0.465 e. The summed E-state index contributed by atoms with van der Waals surface area (Å²) >= 11 is 5.31. The van der Waals surface area contributed by atoms with Crippen LogP contribution in [-0.4, -0.2) is 59.6 Å². The number of esters is 1. The van der Waals surface area contributed by atoms with Gasteiger partial charge in [0.25, 0.3) is 5.56 Å². The van der Waals surface area contributed by atoms with Crippen LogP contribution in [-0.2, 0) is 16.1 Å². The first-order valence-electron chi connectivity index (χ1n) is 10.3. The maximum absolute atomic E-state index is 12.8. The van der Waals surface area contributed by atoms with Gasteiger partial charge in [-0.3, -0.25) is 14.2 Å². The van der Waals surface area contributed by atoms with E-state index in [4.69, 9.17) is 17.0 Å². The fourth-order valence-electron chi connectivity index (χ4n) is 3.72. The Morgan fingerprint density at radius 1 is 1.20 bits per heavy atom. The molecule has 0 radical (unpaired) electrons. The van der Waals surface area contributed by atoms with E-state index in [9.17, 15) is 14.4 Å². The highest BCUT2D eigenvalue weighted by atomic mass is 32.1. The minimum absolute atomic E-state index is 0.0153. The largest absolute Gasteiger partial charge is 0.465 e. The van der Waals surface area contributed by atoms with Gasteiger partial charge in [0.15, 0.2) is 4.77 Å². The molecule has 0 bridgehead atoms. The zero-order chi connectivity index (χ0) is 21.5. The summed E-state index contributed by atoms with van der Waals surface area (Å²) in [5.74, 6) is -0.495. The van der Waals surface area contributed by atoms with Crippen molar-refractivity contribution in [2.75, 3.05) is 33.3 Å². The van der Waals surface area contributed by atoms with Gasteiger partial charge in [0.05, 0.1) is 23.6 Å². The number of ether oxygens (including phenoxy) is 1. The van der Waals surface area contributed by atoms with E-state index in [2.05, 4.69) is 15.2 Å². The molecule has 0 aliphatic carbocycles. The zero-order valence-electron chi connectivity index (χ0n) is 17.2. The third kappa shape index (κ3) is 5.54. The van der Waals surface area contributed by atoms with Crippen molar-refractivity contribution >= 4 is 35.0 Å². The normalized spacial score (nSPS) is 14.6. The van der Waals surface area contributed by atoms with Gasteiger partial charge in [0, 0.05) is 26.1 Å². The molecule has 1 aliphatic rings. The van der Waals surface area contributed by atoms with E-state index in [1.54, 1.807) is 18.2 Å². The van der Waals surface area contributed by atoms with Gasteiger partial charge in [0.2, 0.25) is 5.91 Å². The molecule has 0 spiro atoms. The molecule has 8 nitrogen and oxygen atoms in total. The van der Waals surface area contributed by atoms with Crippen LogP contribution in [0, 0.1) is 4.77 Å². The molecule has 1 aliphatic heterocycles. The summed E-state index contributed by atoms with van der Waals surface area (Å²) < 4.78 is 6.42. The molecule has 2 aromatic rings. The van der Waals surface area contributed by atoms with Crippen molar-refractivity contribution < 1.29 is 14.3 Å². The highest BCUT2D eigenvalue weighted by molar-refractivity contribution is 7.71. The standard InChI is InChI=1S/C21H28N4O4S/c1-29-20(28)15-7-8-16-17(14-15)23-21(30)25(19(16)27)12-5-6-18(26)22-9-13-24-10-3-2-4-11-24/h7-8,14H,2-6,9-13H2,1H3,(H,22,26)(H,23,30). The van der Waals surface area contributed by atoms with E-state index >= 15 is 0 Å². The number of nitrogens with one attached hydrogen (secondary N) is 2. The van der Waals surface area contributed by atoms with Crippen molar-refractivity contribution in [3.05, 3.63) is 38.9 Å². The molecule has 0 saturated carbocycles. The molecule has 2 heterocycles. The van der Waals surface area contributed by atoms with Gasteiger partial charge in [0.1, 0.15) is 0 Å². The van der Waals surface area contributed by atoms with Crippen LogP contribution in [0.2, 0.25) is 0 Å². The Balaban J connectivity index is 1.55. The van der Waals surface area contributed by atoms with Crippen LogP contribution in [0.1, 0.15) is 42.5 Å². The number of fused-ring (bicyclic) bond motifs is 1. The first-order valence-corrected chi connectivity index (χ1v) is 10.7. The topological polar surface area (TPSA) is 96.4 Å². The van der Waals surface area contributed by atoms with Crippen molar-refractivity contribution in [3.63, 3.8) is 0 Å². The van der Waals surface area contributed by atoms with Gasteiger partial charge >= 0.3 is 5.97 Å². The Bertz CT molecular complexity index is 1020. The quantitative estimate of drug-likeness (QED) is 0.491. The Morgan fingerprint density at radius 3 is 2.70 bits per heavy atom. The Labute approximate surface area is 180 Å². The highest BCUT2D eigenvalue weighted by Crippen LogP contribution is 2.12. The number of hydrogen-bond acceptors (Lipinski definition) is 6. The Morgan fingerprint density at radius 2 is 1.97 bits per heavy atom. The van der Waals surface area contributed by atoms with Gasteiger partial charge in [-0.1, -0.05) is 6.42 Å². The number of carbonyl (C=O) groups excluding carboxylic acids is 2. The molecule has 1 fully saturated rings. The molecule has 1 aromatic heterocycles. The van der Waals surface area contributed by atoms with E-state index in [0.29, 0.717) is 42.4 Å². The number of amides is 1. The predicted octanol–water partition coefficient (Wildman–Crippen LogP) is 2.23. The number of piperidine rings is 1. The number of methoxy groups -OCH3 is 1.